The third kappa shape index (κ3) is 4.38. The molecule has 0 aromatic heterocycles. The van der Waals surface area contributed by atoms with Crippen LogP contribution in [0, 0.1) is 6.92 Å². The fraction of sp³-hybridized carbons (Fsp3) is 0.167. The first kappa shape index (κ1) is 15.6. The molecule has 4 nitrogen and oxygen atoms in total. The monoisotopic (exact) mass is 297 g/mol. The van der Waals surface area contributed by atoms with E-state index in [2.05, 4.69) is 0 Å². The van der Waals surface area contributed by atoms with Crippen molar-refractivity contribution in [3.05, 3.63) is 65.2 Å². The van der Waals surface area contributed by atoms with E-state index in [1.54, 1.807) is 25.3 Å². The SMILES string of the molecule is COc1cc(/C=C/C(=O)[O-])ccc1OCc1ccc(C)cc1. The van der Waals surface area contributed by atoms with Gasteiger partial charge in [-0.3, -0.25) is 0 Å². The number of methoxy groups -OCH3 is 1. The van der Waals surface area contributed by atoms with Gasteiger partial charge in [0.05, 0.1) is 13.1 Å². The molecule has 0 aliphatic heterocycles. The molecule has 22 heavy (non-hydrogen) atoms. The molecule has 0 N–H and O–H groups in total. The summed E-state index contributed by atoms with van der Waals surface area (Å²) in [5, 5.41) is 10.4. The van der Waals surface area contributed by atoms with Crippen molar-refractivity contribution in [3.63, 3.8) is 0 Å². The van der Waals surface area contributed by atoms with Crippen LogP contribution in [0.1, 0.15) is 16.7 Å². The highest BCUT2D eigenvalue weighted by Gasteiger charge is 2.05. The van der Waals surface area contributed by atoms with E-state index < -0.39 is 5.97 Å². The van der Waals surface area contributed by atoms with Crippen molar-refractivity contribution in [2.75, 3.05) is 7.11 Å². The topological polar surface area (TPSA) is 58.6 Å². The number of carbonyl (C=O) groups excluding carboxylic acids is 1. The van der Waals surface area contributed by atoms with Crippen molar-refractivity contribution in [1.82, 2.24) is 0 Å². The number of benzene rings is 2. The second-order valence-corrected chi connectivity index (χ2v) is 4.84. The fourth-order valence-corrected chi connectivity index (χ4v) is 1.92. The van der Waals surface area contributed by atoms with E-state index in [0.717, 1.165) is 11.6 Å². The lowest BCUT2D eigenvalue weighted by atomic mass is 10.1. The van der Waals surface area contributed by atoms with Gasteiger partial charge in [0.25, 0.3) is 0 Å². The summed E-state index contributed by atoms with van der Waals surface area (Å²) in [4.78, 5) is 10.4. The maximum Gasteiger partial charge on any atom is 0.161 e. The van der Waals surface area contributed by atoms with Gasteiger partial charge >= 0.3 is 0 Å². The highest BCUT2D eigenvalue weighted by Crippen LogP contribution is 2.29. The van der Waals surface area contributed by atoms with Gasteiger partial charge in [-0.1, -0.05) is 42.0 Å². The van der Waals surface area contributed by atoms with Crippen LogP contribution in [0.5, 0.6) is 11.5 Å². The average molecular weight is 297 g/mol. The van der Waals surface area contributed by atoms with Crippen LogP contribution in [0.25, 0.3) is 6.08 Å². The highest BCUT2D eigenvalue weighted by atomic mass is 16.5. The van der Waals surface area contributed by atoms with Gasteiger partial charge in [0.1, 0.15) is 6.61 Å². The predicted molar refractivity (Wildman–Crippen MR) is 82.5 cm³/mol. The van der Waals surface area contributed by atoms with Crippen molar-refractivity contribution in [2.45, 2.75) is 13.5 Å². The van der Waals surface area contributed by atoms with Crippen molar-refractivity contribution in [2.24, 2.45) is 0 Å². The maximum atomic E-state index is 10.4. The molecule has 0 radical (unpaired) electrons. The largest absolute Gasteiger partial charge is 0.545 e. The molecule has 0 saturated heterocycles. The number of hydrogen-bond donors (Lipinski definition) is 0. The Morgan fingerprint density at radius 1 is 1.14 bits per heavy atom. The zero-order chi connectivity index (χ0) is 15.9. The molecule has 0 spiro atoms. The van der Waals surface area contributed by atoms with Crippen LogP contribution in [0.15, 0.2) is 48.5 Å². The Bertz CT molecular complexity index is 672. The lowest BCUT2D eigenvalue weighted by Crippen LogP contribution is -2.18. The molecule has 0 unspecified atom stereocenters. The Morgan fingerprint density at radius 3 is 2.50 bits per heavy atom. The molecule has 0 heterocycles. The third-order valence-electron chi connectivity index (χ3n) is 3.11. The van der Waals surface area contributed by atoms with Crippen LogP contribution in [0.2, 0.25) is 0 Å². The van der Waals surface area contributed by atoms with Gasteiger partial charge < -0.3 is 19.4 Å². The normalized spacial score (nSPS) is 10.6. The quantitative estimate of drug-likeness (QED) is 0.768. The molecule has 4 heteroatoms. The van der Waals surface area contributed by atoms with Crippen molar-refractivity contribution < 1.29 is 19.4 Å². The van der Waals surface area contributed by atoms with Crippen LogP contribution in [0.4, 0.5) is 0 Å². The van der Waals surface area contributed by atoms with Gasteiger partial charge in [-0.05, 0) is 36.3 Å². The fourth-order valence-electron chi connectivity index (χ4n) is 1.92. The second-order valence-electron chi connectivity index (χ2n) is 4.84. The summed E-state index contributed by atoms with van der Waals surface area (Å²) in [6.45, 7) is 2.47. The third-order valence-corrected chi connectivity index (χ3v) is 3.11. The van der Waals surface area contributed by atoms with E-state index in [-0.39, 0.29) is 0 Å². The molecule has 0 atom stereocenters. The van der Waals surface area contributed by atoms with E-state index >= 15 is 0 Å². The maximum absolute atomic E-state index is 10.4. The number of rotatable bonds is 6. The Kier molecular flexibility index (Phi) is 5.20. The number of ether oxygens (including phenoxy) is 2. The molecule has 2 aromatic carbocycles. The second kappa shape index (κ2) is 7.31. The van der Waals surface area contributed by atoms with Gasteiger partial charge in [0.15, 0.2) is 11.5 Å². The van der Waals surface area contributed by atoms with Gasteiger partial charge in [0, 0.05) is 0 Å². The molecule has 2 rings (SSSR count). The smallest absolute Gasteiger partial charge is 0.161 e. The summed E-state index contributed by atoms with van der Waals surface area (Å²) < 4.78 is 11.0. The van der Waals surface area contributed by atoms with E-state index in [9.17, 15) is 9.90 Å². The number of carbonyl (C=O) groups is 1. The zero-order valence-electron chi connectivity index (χ0n) is 12.5. The number of aliphatic carboxylic acids is 1. The van der Waals surface area contributed by atoms with E-state index in [4.69, 9.17) is 9.47 Å². The molecule has 0 fully saturated rings. The first-order valence-corrected chi connectivity index (χ1v) is 6.84. The summed E-state index contributed by atoms with van der Waals surface area (Å²) in [6.07, 6.45) is 2.42. The molecular formula is C18H17O4-. The number of hydrogen-bond acceptors (Lipinski definition) is 4. The van der Waals surface area contributed by atoms with E-state index in [0.29, 0.717) is 23.7 Å². The summed E-state index contributed by atoms with van der Waals surface area (Å²) in [6, 6.07) is 13.3. The van der Waals surface area contributed by atoms with Crippen molar-refractivity contribution in [3.8, 4) is 11.5 Å². The van der Waals surface area contributed by atoms with E-state index in [1.165, 1.54) is 11.6 Å². The van der Waals surface area contributed by atoms with Gasteiger partial charge in [-0.25, -0.2) is 0 Å². The highest BCUT2D eigenvalue weighted by molar-refractivity contribution is 5.83. The molecule has 114 valence electrons. The molecular weight excluding hydrogens is 280 g/mol. The van der Waals surface area contributed by atoms with Crippen LogP contribution in [0.3, 0.4) is 0 Å². The summed E-state index contributed by atoms with van der Waals surface area (Å²) in [5.74, 6) is -0.0834. The number of carboxylic acid groups (broad SMARTS) is 1. The first-order valence-electron chi connectivity index (χ1n) is 6.84. The molecule has 0 bridgehead atoms. The Morgan fingerprint density at radius 2 is 1.86 bits per heavy atom. The van der Waals surface area contributed by atoms with E-state index in [1.807, 2.05) is 31.2 Å². The molecule has 0 saturated carbocycles. The molecule has 0 aliphatic carbocycles. The number of carboxylic acids is 1. The lowest BCUT2D eigenvalue weighted by Gasteiger charge is -2.11. The Hall–Kier alpha value is -2.75. The molecule has 2 aromatic rings. The summed E-state index contributed by atoms with van der Waals surface area (Å²) in [5.41, 5.74) is 2.96. The Labute approximate surface area is 129 Å². The minimum atomic E-state index is -1.24. The van der Waals surface area contributed by atoms with Crippen LogP contribution in [-0.2, 0) is 11.4 Å². The number of aryl methyl sites for hydroxylation is 1. The Balaban J connectivity index is 2.10. The molecule has 0 aliphatic rings. The zero-order valence-corrected chi connectivity index (χ0v) is 12.5. The minimum absolute atomic E-state index is 0.435. The van der Waals surface area contributed by atoms with Gasteiger partial charge in [-0.15, -0.1) is 0 Å². The van der Waals surface area contributed by atoms with Crippen LogP contribution in [-0.4, -0.2) is 13.1 Å². The predicted octanol–water partition coefficient (Wildman–Crippen LogP) is 2.35. The standard InChI is InChI=1S/C18H18O4/c1-13-3-5-15(6-4-13)12-22-16-9-7-14(8-10-18(19)20)11-17(16)21-2/h3-11H,12H2,1-2H3,(H,19,20)/p-1/b10-8+. The average Bonchev–Trinajstić information content (AvgIpc) is 2.52. The van der Waals surface area contributed by atoms with Gasteiger partial charge in [-0.2, -0.15) is 0 Å². The summed E-state index contributed by atoms with van der Waals surface area (Å²) in [7, 11) is 1.54. The van der Waals surface area contributed by atoms with Crippen molar-refractivity contribution in [1.29, 1.82) is 0 Å². The van der Waals surface area contributed by atoms with Crippen LogP contribution >= 0.6 is 0 Å². The minimum Gasteiger partial charge on any atom is -0.545 e. The summed E-state index contributed by atoms with van der Waals surface area (Å²) >= 11 is 0. The van der Waals surface area contributed by atoms with Gasteiger partial charge in [0.2, 0.25) is 0 Å². The lowest BCUT2D eigenvalue weighted by molar-refractivity contribution is -0.297. The molecule has 0 amide bonds. The van der Waals surface area contributed by atoms with Crippen molar-refractivity contribution >= 4 is 12.0 Å². The first-order chi connectivity index (χ1) is 10.6. The van der Waals surface area contributed by atoms with Crippen LogP contribution < -0.4 is 14.6 Å².